The van der Waals surface area contributed by atoms with Gasteiger partial charge in [-0.25, -0.2) is 0 Å². The van der Waals surface area contributed by atoms with Crippen molar-refractivity contribution in [2.45, 2.75) is 0 Å². The molecule has 0 unspecified atom stereocenters. The van der Waals surface area contributed by atoms with E-state index in [-0.39, 0.29) is 5.91 Å². The maximum absolute atomic E-state index is 12.0. The summed E-state index contributed by atoms with van der Waals surface area (Å²) in [6, 6.07) is 14.6. The number of rotatable bonds is 4. The third-order valence-corrected chi connectivity index (χ3v) is 3.60. The summed E-state index contributed by atoms with van der Waals surface area (Å²) in [4.78, 5) is 12.0. The second-order valence-corrected chi connectivity index (χ2v) is 5.65. The lowest BCUT2D eigenvalue weighted by Crippen LogP contribution is -2.24. The Bertz CT molecular complexity index is 562. The molecule has 0 aromatic heterocycles. The first-order chi connectivity index (χ1) is 9.56. The van der Waals surface area contributed by atoms with Crippen LogP contribution in [0.2, 0.25) is 5.02 Å². The van der Waals surface area contributed by atoms with Gasteiger partial charge in [-0.05, 0) is 47.5 Å². The molecule has 0 heterocycles. The van der Waals surface area contributed by atoms with Crippen molar-refractivity contribution >= 4 is 39.0 Å². The normalized spacial score (nSPS) is 10.1. The number of carbonyl (C=O) groups is 1. The van der Waals surface area contributed by atoms with E-state index in [2.05, 4.69) is 27.8 Å². The van der Waals surface area contributed by atoms with Gasteiger partial charge in [-0.1, -0.05) is 46.2 Å². The highest BCUT2D eigenvalue weighted by Gasteiger charge is 2.06. The molecule has 0 aliphatic heterocycles. The zero-order valence-electron chi connectivity index (χ0n) is 10.7. The van der Waals surface area contributed by atoms with Crippen LogP contribution in [0, 0.1) is 0 Å². The van der Waals surface area contributed by atoms with Crippen LogP contribution in [0.5, 0.6) is 0 Å². The zero-order valence-corrected chi connectivity index (χ0v) is 13.0. The number of halogens is 2. The lowest BCUT2D eigenvalue weighted by atomic mass is 10.1. The van der Waals surface area contributed by atoms with Crippen LogP contribution < -0.4 is 5.32 Å². The molecule has 20 heavy (non-hydrogen) atoms. The van der Waals surface area contributed by atoms with Crippen LogP contribution in [-0.2, 0) is 0 Å². The van der Waals surface area contributed by atoms with Gasteiger partial charge in [-0.3, -0.25) is 4.79 Å². The van der Waals surface area contributed by atoms with Gasteiger partial charge < -0.3 is 5.32 Å². The number of benzene rings is 2. The van der Waals surface area contributed by atoms with Crippen LogP contribution in [0.25, 0.3) is 5.57 Å². The fourth-order valence-electron chi connectivity index (χ4n) is 1.68. The van der Waals surface area contributed by atoms with Gasteiger partial charge in [0.05, 0.1) is 0 Å². The van der Waals surface area contributed by atoms with Gasteiger partial charge in [0, 0.05) is 21.6 Å². The van der Waals surface area contributed by atoms with E-state index < -0.39 is 0 Å². The predicted molar refractivity (Wildman–Crippen MR) is 87.0 cm³/mol. The zero-order chi connectivity index (χ0) is 14.5. The molecule has 1 N–H and O–H groups in total. The highest BCUT2D eigenvalue weighted by Crippen LogP contribution is 2.16. The maximum Gasteiger partial charge on any atom is 0.251 e. The molecule has 0 saturated carbocycles. The topological polar surface area (TPSA) is 29.1 Å². The molecule has 2 aromatic carbocycles. The van der Waals surface area contributed by atoms with E-state index in [1.54, 1.807) is 24.3 Å². The van der Waals surface area contributed by atoms with Crippen LogP contribution in [0.4, 0.5) is 0 Å². The molecule has 0 atom stereocenters. The van der Waals surface area contributed by atoms with Crippen LogP contribution in [0.3, 0.4) is 0 Å². The molecule has 102 valence electrons. The Hall–Kier alpha value is -1.58. The summed E-state index contributed by atoms with van der Waals surface area (Å²) in [6.07, 6.45) is 0. The Kier molecular flexibility index (Phi) is 4.99. The predicted octanol–water partition coefficient (Wildman–Crippen LogP) is 4.55. The monoisotopic (exact) mass is 349 g/mol. The van der Waals surface area contributed by atoms with E-state index in [9.17, 15) is 4.79 Å². The Balaban J connectivity index is 1.94. The van der Waals surface area contributed by atoms with Crippen LogP contribution in [0.1, 0.15) is 15.9 Å². The van der Waals surface area contributed by atoms with Crippen molar-refractivity contribution < 1.29 is 4.79 Å². The first-order valence-corrected chi connectivity index (χ1v) is 7.21. The number of nitrogens with one attached hydrogen (secondary N) is 1. The van der Waals surface area contributed by atoms with E-state index in [0.29, 0.717) is 17.1 Å². The van der Waals surface area contributed by atoms with Gasteiger partial charge in [-0.15, -0.1) is 0 Å². The standard InChI is InChI=1S/C16H13BrClNO/c1-11(12-4-8-15(18)9-5-12)10-19-16(20)13-2-6-14(17)7-3-13/h2-9H,1,10H2,(H,19,20). The molecule has 1 amide bonds. The average Bonchev–Trinajstić information content (AvgIpc) is 2.46. The summed E-state index contributed by atoms with van der Waals surface area (Å²) in [6.45, 7) is 4.37. The fourth-order valence-corrected chi connectivity index (χ4v) is 2.07. The number of carbonyl (C=O) groups excluding carboxylic acids is 1. The summed E-state index contributed by atoms with van der Waals surface area (Å²) in [7, 11) is 0. The van der Waals surface area contributed by atoms with Crippen LogP contribution in [0.15, 0.2) is 59.6 Å². The molecule has 2 rings (SSSR count). The fraction of sp³-hybridized carbons (Fsp3) is 0.0625. The van der Waals surface area contributed by atoms with E-state index in [4.69, 9.17) is 11.6 Å². The average molecular weight is 351 g/mol. The van der Waals surface area contributed by atoms with Crippen LogP contribution >= 0.6 is 27.5 Å². The van der Waals surface area contributed by atoms with Crippen molar-refractivity contribution in [1.29, 1.82) is 0 Å². The van der Waals surface area contributed by atoms with Crippen molar-refractivity contribution in [2.75, 3.05) is 6.54 Å². The van der Waals surface area contributed by atoms with E-state index >= 15 is 0 Å². The van der Waals surface area contributed by atoms with Gasteiger partial charge in [0.2, 0.25) is 0 Å². The molecule has 0 bridgehead atoms. The second-order valence-electron chi connectivity index (χ2n) is 4.30. The molecule has 0 aliphatic carbocycles. The second kappa shape index (κ2) is 6.73. The summed E-state index contributed by atoms with van der Waals surface area (Å²) in [5, 5.41) is 3.53. The lowest BCUT2D eigenvalue weighted by Gasteiger charge is -2.08. The number of hydrogen-bond acceptors (Lipinski definition) is 1. The van der Waals surface area contributed by atoms with E-state index in [0.717, 1.165) is 15.6 Å². The van der Waals surface area contributed by atoms with E-state index in [1.807, 2.05) is 24.3 Å². The van der Waals surface area contributed by atoms with Crippen LogP contribution in [-0.4, -0.2) is 12.5 Å². The highest BCUT2D eigenvalue weighted by molar-refractivity contribution is 9.10. The van der Waals surface area contributed by atoms with Gasteiger partial charge in [-0.2, -0.15) is 0 Å². The SMILES string of the molecule is C=C(CNC(=O)c1ccc(Br)cc1)c1ccc(Cl)cc1. The molecule has 0 fully saturated rings. The molecule has 0 radical (unpaired) electrons. The van der Waals surface area contributed by atoms with Crippen molar-refractivity contribution in [3.63, 3.8) is 0 Å². The van der Waals surface area contributed by atoms with Crippen molar-refractivity contribution in [3.8, 4) is 0 Å². The molecule has 4 heteroatoms. The summed E-state index contributed by atoms with van der Waals surface area (Å²) >= 11 is 9.17. The Morgan fingerprint density at radius 2 is 1.60 bits per heavy atom. The van der Waals surface area contributed by atoms with E-state index in [1.165, 1.54) is 0 Å². The molecule has 0 saturated heterocycles. The minimum Gasteiger partial charge on any atom is -0.348 e. The van der Waals surface area contributed by atoms with Crippen molar-refractivity contribution in [2.24, 2.45) is 0 Å². The minimum atomic E-state index is -0.118. The molecule has 0 aliphatic rings. The van der Waals surface area contributed by atoms with Gasteiger partial charge in [0.1, 0.15) is 0 Å². The Morgan fingerprint density at radius 1 is 1.05 bits per heavy atom. The Labute approximate surface area is 131 Å². The first-order valence-electron chi connectivity index (χ1n) is 6.04. The quantitative estimate of drug-likeness (QED) is 0.861. The summed E-state index contributed by atoms with van der Waals surface area (Å²) in [5.74, 6) is -0.118. The molecular weight excluding hydrogens is 338 g/mol. The number of amides is 1. The molecule has 2 nitrogen and oxygen atoms in total. The third-order valence-electron chi connectivity index (χ3n) is 2.82. The molecule has 0 spiro atoms. The van der Waals surface area contributed by atoms with Gasteiger partial charge >= 0.3 is 0 Å². The highest BCUT2D eigenvalue weighted by atomic mass is 79.9. The van der Waals surface area contributed by atoms with Crippen molar-refractivity contribution in [3.05, 3.63) is 75.7 Å². The maximum atomic E-state index is 12.0. The minimum absolute atomic E-state index is 0.118. The summed E-state index contributed by atoms with van der Waals surface area (Å²) < 4.78 is 0.944. The smallest absolute Gasteiger partial charge is 0.251 e. The Morgan fingerprint density at radius 3 is 2.20 bits per heavy atom. The largest absolute Gasteiger partial charge is 0.348 e. The third kappa shape index (κ3) is 3.95. The summed E-state index contributed by atoms with van der Waals surface area (Å²) in [5.41, 5.74) is 2.43. The number of hydrogen-bond donors (Lipinski definition) is 1. The lowest BCUT2D eigenvalue weighted by molar-refractivity contribution is 0.0958. The van der Waals surface area contributed by atoms with Gasteiger partial charge in [0.25, 0.3) is 5.91 Å². The first kappa shape index (κ1) is 14.8. The van der Waals surface area contributed by atoms with Gasteiger partial charge in [0.15, 0.2) is 0 Å². The van der Waals surface area contributed by atoms with Crippen molar-refractivity contribution in [1.82, 2.24) is 5.32 Å². The molecular formula is C16H13BrClNO. The molecule has 2 aromatic rings.